The van der Waals surface area contributed by atoms with E-state index in [1.807, 2.05) is 48.5 Å². The number of nitrogens with one attached hydrogen (secondary N) is 2. The molecule has 1 atom stereocenters. The predicted octanol–water partition coefficient (Wildman–Crippen LogP) is 1.88. The van der Waals surface area contributed by atoms with Gasteiger partial charge in [0.2, 0.25) is 0 Å². The number of carbonyl (C=O) groups excluding carboxylic acids is 2. The van der Waals surface area contributed by atoms with Crippen molar-refractivity contribution < 1.29 is 14.3 Å². The first kappa shape index (κ1) is 20.0. The Morgan fingerprint density at radius 2 is 1.64 bits per heavy atom. The van der Waals surface area contributed by atoms with Crippen LogP contribution in [0.5, 0.6) is 0 Å². The van der Waals surface area contributed by atoms with Gasteiger partial charge in [0.05, 0.1) is 12.7 Å². The van der Waals surface area contributed by atoms with Crippen molar-refractivity contribution in [2.45, 2.75) is 19.1 Å². The molecule has 0 aliphatic carbocycles. The average molecular weight is 381 g/mol. The average Bonchev–Trinajstić information content (AvgIpc) is 2.76. The third-order valence-electron chi connectivity index (χ3n) is 4.76. The van der Waals surface area contributed by atoms with E-state index in [-0.39, 0.29) is 6.10 Å². The lowest BCUT2D eigenvalue weighted by Gasteiger charge is -2.33. The van der Waals surface area contributed by atoms with Crippen molar-refractivity contribution >= 4 is 11.8 Å². The molecule has 1 aliphatic rings. The molecular weight excluding hydrogens is 354 g/mol. The highest BCUT2D eigenvalue weighted by Crippen LogP contribution is 2.21. The normalized spacial score (nSPS) is 17.1. The first-order chi connectivity index (χ1) is 13.7. The highest BCUT2D eigenvalue weighted by Gasteiger charge is 2.21. The predicted molar refractivity (Wildman–Crippen MR) is 107 cm³/mol. The maximum atomic E-state index is 11.9. The van der Waals surface area contributed by atoms with E-state index >= 15 is 0 Å². The lowest BCUT2D eigenvalue weighted by molar-refractivity contribution is -0.139. The minimum Gasteiger partial charge on any atom is -0.371 e. The van der Waals surface area contributed by atoms with Gasteiger partial charge in [-0.15, -0.1) is 0 Å². The molecule has 6 heteroatoms. The summed E-state index contributed by atoms with van der Waals surface area (Å²) in [7, 11) is 0. The molecule has 1 aliphatic heterocycles. The van der Waals surface area contributed by atoms with Crippen molar-refractivity contribution in [2.24, 2.45) is 0 Å². The molecule has 148 valence electrons. The van der Waals surface area contributed by atoms with Crippen molar-refractivity contribution in [3.05, 3.63) is 71.8 Å². The molecule has 0 spiro atoms. The zero-order chi connectivity index (χ0) is 19.6. The minimum absolute atomic E-state index is 0.0910. The molecule has 1 heterocycles. The summed E-state index contributed by atoms with van der Waals surface area (Å²) in [4.78, 5) is 26.1. The highest BCUT2D eigenvalue weighted by atomic mass is 16.5. The van der Waals surface area contributed by atoms with Crippen LogP contribution in [0.15, 0.2) is 60.7 Å². The van der Waals surface area contributed by atoms with Gasteiger partial charge >= 0.3 is 11.8 Å². The summed E-state index contributed by atoms with van der Waals surface area (Å²) < 4.78 is 5.87. The number of nitrogens with zero attached hydrogens (tertiary/aromatic N) is 1. The first-order valence-electron chi connectivity index (χ1n) is 9.71. The van der Waals surface area contributed by atoms with Crippen LogP contribution in [0.2, 0.25) is 0 Å². The largest absolute Gasteiger partial charge is 0.371 e. The zero-order valence-corrected chi connectivity index (χ0v) is 16.0. The van der Waals surface area contributed by atoms with Crippen LogP contribution in [0.3, 0.4) is 0 Å². The summed E-state index contributed by atoms with van der Waals surface area (Å²) in [6.07, 6.45) is 0.882. The smallest absolute Gasteiger partial charge is 0.309 e. The van der Waals surface area contributed by atoms with Crippen LogP contribution in [0, 0.1) is 0 Å². The van der Waals surface area contributed by atoms with Gasteiger partial charge in [0.1, 0.15) is 0 Å². The van der Waals surface area contributed by atoms with Crippen molar-refractivity contribution in [3.8, 4) is 0 Å². The Hall–Kier alpha value is -2.70. The fourth-order valence-corrected chi connectivity index (χ4v) is 3.22. The van der Waals surface area contributed by atoms with E-state index in [9.17, 15) is 9.59 Å². The van der Waals surface area contributed by atoms with Crippen LogP contribution in [0.4, 0.5) is 0 Å². The number of ether oxygens (including phenoxy) is 1. The number of morpholine rings is 1. The van der Waals surface area contributed by atoms with Crippen LogP contribution in [0.1, 0.15) is 23.7 Å². The van der Waals surface area contributed by atoms with Crippen molar-refractivity contribution in [1.29, 1.82) is 0 Å². The van der Waals surface area contributed by atoms with E-state index in [4.69, 9.17) is 4.74 Å². The second-order valence-electron chi connectivity index (χ2n) is 6.85. The first-order valence-corrected chi connectivity index (χ1v) is 9.71. The number of benzene rings is 2. The third kappa shape index (κ3) is 6.18. The Morgan fingerprint density at radius 3 is 2.39 bits per heavy atom. The molecular formula is C22H27N3O3. The maximum absolute atomic E-state index is 11.9. The minimum atomic E-state index is -0.598. The Kier molecular flexibility index (Phi) is 7.58. The number of hydrogen-bond acceptors (Lipinski definition) is 4. The SMILES string of the molecule is O=C(NCCCN1CCOC(c2ccccc2)C1)C(=O)NCc1ccccc1. The molecule has 2 amide bonds. The summed E-state index contributed by atoms with van der Waals surface area (Å²) >= 11 is 0. The van der Waals surface area contributed by atoms with Crippen molar-refractivity contribution in [3.63, 3.8) is 0 Å². The van der Waals surface area contributed by atoms with Crippen molar-refractivity contribution in [1.82, 2.24) is 15.5 Å². The fraction of sp³-hybridized carbons (Fsp3) is 0.364. The van der Waals surface area contributed by atoms with E-state index in [1.54, 1.807) is 0 Å². The quantitative estimate of drug-likeness (QED) is 0.568. The van der Waals surface area contributed by atoms with E-state index in [0.29, 0.717) is 19.7 Å². The number of amides is 2. The summed E-state index contributed by atoms with van der Waals surface area (Å²) in [6, 6.07) is 19.7. The second kappa shape index (κ2) is 10.6. The van der Waals surface area contributed by atoms with Crippen LogP contribution in [0.25, 0.3) is 0 Å². The maximum Gasteiger partial charge on any atom is 0.309 e. The Morgan fingerprint density at radius 1 is 0.964 bits per heavy atom. The van der Waals surface area contributed by atoms with Gasteiger partial charge in [-0.1, -0.05) is 60.7 Å². The highest BCUT2D eigenvalue weighted by molar-refractivity contribution is 6.35. The molecule has 0 radical (unpaired) electrons. The lowest BCUT2D eigenvalue weighted by atomic mass is 10.1. The standard InChI is InChI=1S/C22H27N3O3/c26-21(22(27)24-16-18-8-3-1-4-9-18)23-12-7-13-25-14-15-28-20(17-25)19-10-5-2-6-11-19/h1-6,8-11,20H,7,12-17H2,(H,23,26)(H,24,27). The molecule has 0 bridgehead atoms. The van der Waals surface area contributed by atoms with Gasteiger partial charge in [-0.05, 0) is 17.5 Å². The molecule has 1 saturated heterocycles. The fourth-order valence-electron chi connectivity index (χ4n) is 3.22. The molecule has 28 heavy (non-hydrogen) atoms. The van der Waals surface area contributed by atoms with Gasteiger partial charge in [-0.25, -0.2) is 0 Å². The summed E-state index contributed by atoms with van der Waals surface area (Å²) in [5, 5.41) is 5.33. The van der Waals surface area contributed by atoms with E-state index in [0.717, 1.165) is 31.6 Å². The van der Waals surface area contributed by atoms with Gasteiger partial charge in [-0.3, -0.25) is 14.5 Å². The van der Waals surface area contributed by atoms with Crippen LogP contribution in [-0.2, 0) is 20.9 Å². The van der Waals surface area contributed by atoms with Gasteiger partial charge in [0, 0.05) is 32.7 Å². The van der Waals surface area contributed by atoms with Gasteiger partial charge in [0.15, 0.2) is 0 Å². The monoisotopic (exact) mass is 381 g/mol. The summed E-state index contributed by atoms with van der Waals surface area (Å²) in [5.41, 5.74) is 2.15. The molecule has 6 nitrogen and oxygen atoms in total. The molecule has 2 aromatic carbocycles. The van der Waals surface area contributed by atoms with Crippen molar-refractivity contribution in [2.75, 3.05) is 32.8 Å². The molecule has 0 saturated carbocycles. The Balaban J connectivity index is 1.32. The van der Waals surface area contributed by atoms with Gasteiger partial charge < -0.3 is 15.4 Å². The second-order valence-corrected chi connectivity index (χ2v) is 6.85. The van der Waals surface area contributed by atoms with Crippen LogP contribution >= 0.6 is 0 Å². The van der Waals surface area contributed by atoms with Crippen LogP contribution < -0.4 is 10.6 Å². The van der Waals surface area contributed by atoms with E-state index in [1.165, 1.54) is 5.56 Å². The molecule has 2 N–H and O–H groups in total. The molecule has 2 aromatic rings. The number of carbonyl (C=O) groups is 2. The molecule has 0 aromatic heterocycles. The molecule has 1 unspecified atom stereocenters. The van der Waals surface area contributed by atoms with Gasteiger partial charge in [-0.2, -0.15) is 0 Å². The van der Waals surface area contributed by atoms with Gasteiger partial charge in [0.25, 0.3) is 0 Å². The Bertz CT molecular complexity index is 752. The topological polar surface area (TPSA) is 70.7 Å². The third-order valence-corrected chi connectivity index (χ3v) is 4.76. The van der Waals surface area contributed by atoms with Crippen LogP contribution in [-0.4, -0.2) is 49.5 Å². The number of hydrogen-bond donors (Lipinski definition) is 2. The van der Waals surface area contributed by atoms with E-state index in [2.05, 4.69) is 27.7 Å². The number of rotatable bonds is 7. The summed E-state index contributed by atoms with van der Waals surface area (Å²) in [6.45, 7) is 4.11. The zero-order valence-electron chi connectivity index (χ0n) is 16.0. The molecule has 1 fully saturated rings. The Labute approximate surface area is 165 Å². The molecule has 3 rings (SSSR count). The lowest BCUT2D eigenvalue weighted by Crippen LogP contribution is -2.42. The summed E-state index contributed by atoms with van der Waals surface area (Å²) in [5.74, 6) is -1.18. The van der Waals surface area contributed by atoms with E-state index < -0.39 is 11.8 Å².